The molecule has 0 N–H and O–H groups in total. The van der Waals surface area contributed by atoms with Crippen LogP contribution >= 0.6 is 0 Å². The molecule has 1 heterocycles. The Balaban J connectivity index is 1.79. The number of halogens is 3. The lowest BCUT2D eigenvalue weighted by molar-refractivity contribution is -0.171. The van der Waals surface area contributed by atoms with Crippen molar-refractivity contribution in [1.82, 2.24) is 0 Å². The largest absolute Gasteiger partial charge is 0.489 e. The second kappa shape index (κ2) is 8.77. The van der Waals surface area contributed by atoms with Crippen LogP contribution in [0.15, 0.2) is 30.3 Å². The van der Waals surface area contributed by atoms with Crippen LogP contribution < -0.4 is 4.74 Å². The lowest BCUT2D eigenvalue weighted by atomic mass is 9.94. The van der Waals surface area contributed by atoms with E-state index in [-0.39, 0.29) is 25.8 Å². The summed E-state index contributed by atoms with van der Waals surface area (Å²) in [6.07, 6.45) is -5.55. The molecule has 0 spiro atoms. The maximum Gasteiger partial charge on any atom is 0.399 e. The molecule has 8 heteroatoms. The van der Waals surface area contributed by atoms with Crippen molar-refractivity contribution in [3.63, 3.8) is 0 Å². The molecule has 0 unspecified atom stereocenters. The first-order chi connectivity index (χ1) is 14.2. The standard InChI is InChI=1S/C22H21F3O5/c1-3-16-13(2)4-6-17(14-5-7-18-15(10-14)12-30-21(18)27)20(16)29-9-8-28-19(26)11-22(23,24)25/h4-7,10H,3,8-9,11-12H2,1-2H3. The van der Waals surface area contributed by atoms with Crippen LogP contribution in [0.5, 0.6) is 5.75 Å². The van der Waals surface area contributed by atoms with Gasteiger partial charge in [-0.25, -0.2) is 4.79 Å². The number of fused-ring (bicyclic) bond motifs is 1. The van der Waals surface area contributed by atoms with Crippen LogP contribution in [0.1, 0.15) is 40.4 Å². The van der Waals surface area contributed by atoms with Gasteiger partial charge in [-0.15, -0.1) is 0 Å². The Morgan fingerprint density at radius 2 is 1.87 bits per heavy atom. The highest BCUT2D eigenvalue weighted by Gasteiger charge is 2.32. The fourth-order valence-electron chi connectivity index (χ4n) is 3.37. The smallest absolute Gasteiger partial charge is 0.399 e. The number of benzene rings is 2. The topological polar surface area (TPSA) is 61.8 Å². The molecule has 0 saturated carbocycles. The summed E-state index contributed by atoms with van der Waals surface area (Å²) in [6, 6.07) is 9.21. The Labute approximate surface area is 171 Å². The highest BCUT2D eigenvalue weighted by atomic mass is 19.4. The van der Waals surface area contributed by atoms with Gasteiger partial charge in [-0.1, -0.05) is 25.1 Å². The highest BCUT2D eigenvalue weighted by molar-refractivity contribution is 5.94. The molecule has 0 fully saturated rings. The maximum atomic E-state index is 12.2. The molecule has 1 aliphatic heterocycles. The van der Waals surface area contributed by atoms with Gasteiger partial charge in [0.2, 0.25) is 0 Å². The van der Waals surface area contributed by atoms with Crippen molar-refractivity contribution in [1.29, 1.82) is 0 Å². The third-order valence-electron chi connectivity index (χ3n) is 4.78. The van der Waals surface area contributed by atoms with Gasteiger partial charge in [-0.3, -0.25) is 4.79 Å². The molecule has 160 valence electrons. The minimum atomic E-state index is -4.60. The summed E-state index contributed by atoms with van der Waals surface area (Å²) in [4.78, 5) is 22.9. The Morgan fingerprint density at radius 1 is 1.13 bits per heavy atom. The van der Waals surface area contributed by atoms with Gasteiger partial charge >= 0.3 is 18.1 Å². The Kier molecular flexibility index (Phi) is 6.34. The van der Waals surface area contributed by atoms with Crippen molar-refractivity contribution in [2.45, 2.75) is 39.5 Å². The Morgan fingerprint density at radius 3 is 2.57 bits per heavy atom. The van der Waals surface area contributed by atoms with Crippen LogP contribution in [-0.2, 0) is 27.3 Å². The number of ether oxygens (including phenoxy) is 3. The van der Waals surface area contributed by atoms with Gasteiger partial charge in [0, 0.05) is 11.1 Å². The predicted octanol–water partition coefficient (Wildman–Crippen LogP) is 4.77. The molecule has 0 amide bonds. The number of cyclic esters (lactones) is 1. The van der Waals surface area contributed by atoms with Gasteiger partial charge in [-0.2, -0.15) is 13.2 Å². The van der Waals surface area contributed by atoms with Crippen molar-refractivity contribution >= 4 is 11.9 Å². The van der Waals surface area contributed by atoms with Crippen LogP contribution in [-0.4, -0.2) is 31.3 Å². The molecule has 0 aliphatic carbocycles. The van der Waals surface area contributed by atoms with E-state index >= 15 is 0 Å². The molecule has 0 saturated heterocycles. The van der Waals surface area contributed by atoms with E-state index < -0.39 is 18.6 Å². The minimum Gasteiger partial charge on any atom is -0.489 e. The lowest BCUT2D eigenvalue weighted by Crippen LogP contribution is -2.19. The number of rotatable bonds is 7. The summed E-state index contributed by atoms with van der Waals surface area (Å²) in [7, 11) is 0. The van der Waals surface area contributed by atoms with Gasteiger partial charge in [0.1, 0.15) is 32.0 Å². The molecule has 3 rings (SSSR count). The first-order valence-electron chi connectivity index (χ1n) is 9.47. The Bertz CT molecular complexity index is 966. The predicted molar refractivity (Wildman–Crippen MR) is 102 cm³/mol. The SMILES string of the molecule is CCc1c(C)ccc(-c2ccc3c(c2)COC3=O)c1OCCOC(=O)CC(F)(F)F. The quantitative estimate of drug-likeness (QED) is 0.475. The Hall–Kier alpha value is -3.03. The molecule has 5 nitrogen and oxygen atoms in total. The molecule has 0 atom stereocenters. The van der Waals surface area contributed by atoms with Gasteiger partial charge in [0.25, 0.3) is 0 Å². The second-order valence-electron chi connectivity index (χ2n) is 6.90. The molecule has 30 heavy (non-hydrogen) atoms. The van der Waals surface area contributed by atoms with Crippen LogP contribution in [0, 0.1) is 6.92 Å². The van der Waals surface area contributed by atoms with E-state index in [2.05, 4.69) is 4.74 Å². The van der Waals surface area contributed by atoms with Gasteiger partial charge in [0.05, 0.1) is 5.56 Å². The van der Waals surface area contributed by atoms with E-state index in [9.17, 15) is 22.8 Å². The van der Waals surface area contributed by atoms with Crippen molar-refractivity contribution in [2.24, 2.45) is 0 Å². The lowest BCUT2D eigenvalue weighted by Gasteiger charge is -2.18. The molecule has 0 radical (unpaired) electrons. The number of esters is 2. The number of aryl methyl sites for hydroxylation is 1. The van der Waals surface area contributed by atoms with Crippen molar-refractivity contribution in [3.05, 3.63) is 52.6 Å². The highest BCUT2D eigenvalue weighted by Crippen LogP contribution is 2.37. The molecule has 0 bridgehead atoms. The molecule has 1 aliphatic rings. The van der Waals surface area contributed by atoms with Gasteiger partial charge < -0.3 is 14.2 Å². The molecule has 2 aromatic carbocycles. The normalized spacial score (nSPS) is 13.0. The number of carbonyl (C=O) groups excluding carboxylic acids is 2. The molecular formula is C22H21F3O5. The maximum absolute atomic E-state index is 12.2. The van der Waals surface area contributed by atoms with Gasteiger partial charge in [0.15, 0.2) is 0 Å². The number of hydrogen-bond acceptors (Lipinski definition) is 5. The monoisotopic (exact) mass is 422 g/mol. The zero-order valence-electron chi connectivity index (χ0n) is 16.6. The molecular weight excluding hydrogens is 401 g/mol. The average Bonchev–Trinajstić information content (AvgIpc) is 3.04. The van der Waals surface area contributed by atoms with E-state index in [4.69, 9.17) is 9.47 Å². The fraction of sp³-hybridized carbons (Fsp3) is 0.364. The van der Waals surface area contributed by atoms with E-state index in [0.29, 0.717) is 17.7 Å². The summed E-state index contributed by atoms with van der Waals surface area (Å²) < 4.78 is 52.2. The first kappa shape index (κ1) is 21.7. The first-order valence-corrected chi connectivity index (χ1v) is 9.47. The summed E-state index contributed by atoms with van der Waals surface area (Å²) in [5.41, 5.74) is 4.86. The number of alkyl halides is 3. The van der Waals surface area contributed by atoms with Gasteiger partial charge in [-0.05, 0) is 42.2 Å². The van der Waals surface area contributed by atoms with Crippen LogP contribution in [0.2, 0.25) is 0 Å². The minimum absolute atomic E-state index is 0.0837. The van der Waals surface area contributed by atoms with Crippen molar-refractivity contribution in [3.8, 4) is 16.9 Å². The van der Waals surface area contributed by atoms with E-state index in [1.807, 2.05) is 32.0 Å². The van der Waals surface area contributed by atoms with Crippen LogP contribution in [0.25, 0.3) is 11.1 Å². The summed E-state index contributed by atoms with van der Waals surface area (Å²) in [6.45, 7) is 3.74. The summed E-state index contributed by atoms with van der Waals surface area (Å²) >= 11 is 0. The van der Waals surface area contributed by atoms with Crippen LogP contribution in [0.3, 0.4) is 0 Å². The number of hydrogen-bond donors (Lipinski definition) is 0. The zero-order valence-corrected chi connectivity index (χ0v) is 16.6. The average molecular weight is 422 g/mol. The van der Waals surface area contributed by atoms with E-state index in [0.717, 1.165) is 27.8 Å². The molecule has 2 aromatic rings. The third kappa shape index (κ3) is 4.93. The molecule has 0 aromatic heterocycles. The van der Waals surface area contributed by atoms with Crippen molar-refractivity contribution < 1.29 is 37.0 Å². The van der Waals surface area contributed by atoms with Crippen LogP contribution in [0.4, 0.5) is 13.2 Å². The fourth-order valence-corrected chi connectivity index (χ4v) is 3.37. The third-order valence-corrected chi connectivity index (χ3v) is 4.78. The summed E-state index contributed by atoms with van der Waals surface area (Å²) in [5, 5.41) is 0. The van der Waals surface area contributed by atoms with Crippen molar-refractivity contribution in [2.75, 3.05) is 13.2 Å². The van der Waals surface area contributed by atoms with E-state index in [1.54, 1.807) is 12.1 Å². The summed E-state index contributed by atoms with van der Waals surface area (Å²) in [5.74, 6) is -1.11. The van der Waals surface area contributed by atoms with E-state index in [1.165, 1.54) is 0 Å². The second-order valence-corrected chi connectivity index (χ2v) is 6.90. The number of carbonyl (C=O) groups is 2. The zero-order chi connectivity index (χ0) is 21.9.